The van der Waals surface area contributed by atoms with E-state index in [9.17, 15) is 9.59 Å². The largest absolute Gasteiger partial charge is 0.366 e. The van der Waals surface area contributed by atoms with Crippen LogP contribution in [0.2, 0.25) is 0 Å². The number of primary amides is 1. The molecule has 0 saturated heterocycles. The first-order valence-electron chi connectivity index (χ1n) is 4.85. The van der Waals surface area contributed by atoms with Gasteiger partial charge < -0.3 is 5.73 Å². The Labute approximate surface area is 92.5 Å². The Morgan fingerprint density at radius 1 is 1.50 bits per heavy atom. The summed E-state index contributed by atoms with van der Waals surface area (Å²) in [6, 6.07) is 6.55. The normalized spacial score (nSPS) is 15.2. The molecule has 0 saturated carbocycles. The summed E-state index contributed by atoms with van der Waals surface area (Å²) < 4.78 is 0. The van der Waals surface area contributed by atoms with Crippen LogP contribution in [-0.4, -0.2) is 17.5 Å². The molecule has 1 aromatic rings. The van der Waals surface area contributed by atoms with Crippen LogP contribution in [0.3, 0.4) is 0 Å². The highest BCUT2D eigenvalue weighted by molar-refractivity contribution is 6.12. The number of carbonyl (C=O) groups excluding carboxylic acids is 2. The molecule has 1 aliphatic heterocycles. The van der Waals surface area contributed by atoms with Crippen LogP contribution in [0, 0.1) is 0 Å². The van der Waals surface area contributed by atoms with E-state index in [1.165, 1.54) is 5.01 Å². The lowest BCUT2D eigenvalue weighted by molar-refractivity contribution is -0.116. The van der Waals surface area contributed by atoms with Crippen molar-refractivity contribution in [1.29, 1.82) is 0 Å². The van der Waals surface area contributed by atoms with Crippen LogP contribution in [0.4, 0.5) is 5.69 Å². The molecule has 82 valence electrons. The fourth-order valence-corrected chi connectivity index (χ4v) is 1.55. The molecule has 1 aliphatic rings. The molecule has 5 nitrogen and oxygen atoms in total. The quantitative estimate of drug-likeness (QED) is 0.798. The summed E-state index contributed by atoms with van der Waals surface area (Å²) in [4.78, 5) is 22.6. The number of amides is 2. The minimum absolute atomic E-state index is 0.0980. The molecule has 0 aliphatic carbocycles. The molecule has 2 amide bonds. The SMILES string of the molecule is CC1=NN(c2cccc(C(N)=O)c2)C(=O)C1. The van der Waals surface area contributed by atoms with Gasteiger partial charge in [0.1, 0.15) is 0 Å². The molecule has 2 N–H and O–H groups in total. The molecule has 2 rings (SSSR count). The first-order chi connectivity index (χ1) is 7.58. The number of nitrogens with two attached hydrogens (primary N) is 1. The lowest BCUT2D eigenvalue weighted by atomic mass is 10.2. The van der Waals surface area contributed by atoms with Gasteiger partial charge in [0.15, 0.2) is 0 Å². The van der Waals surface area contributed by atoms with Crippen molar-refractivity contribution >= 4 is 23.2 Å². The molecule has 0 bridgehead atoms. The Bertz CT molecular complexity index is 494. The van der Waals surface area contributed by atoms with Gasteiger partial charge in [0.05, 0.1) is 12.1 Å². The van der Waals surface area contributed by atoms with Crippen LogP contribution in [0.25, 0.3) is 0 Å². The van der Waals surface area contributed by atoms with E-state index >= 15 is 0 Å². The van der Waals surface area contributed by atoms with Gasteiger partial charge in [-0.15, -0.1) is 0 Å². The molecule has 0 fully saturated rings. The summed E-state index contributed by atoms with van der Waals surface area (Å²) in [5.41, 5.74) is 6.86. The van der Waals surface area contributed by atoms with Crippen LogP contribution in [0.5, 0.6) is 0 Å². The second kappa shape index (κ2) is 3.77. The summed E-state index contributed by atoms with van der Waals surface area (Å²) >= 11 is 0. The molecule has 0 atom stereocenters. The molecule has 1 aromatic carbocycles. The minimum atomic E-state index is -0.519. The van der Waals surface area contributed by atoms with Crippen molar-refractivity contribution < 1.29 is 9.59 Å². The molecular formula is C11H11N3O2. The summed E-state index contributed by atoms with van der Waals surface area (Å²) in [5, 5.41) is 5.38. The van der Waals surface area contributed by atoms with Crippen molar-refractivity contribution in [2.75, 3.05) is 5.01 Å². The van der Waals surface area contributed by atoms with Gasteiger partial charge >= 0.3 is 0 Å². The number of hydrogen-bond acceptors (Lipinski definition) is 3. The summed E-state index contributed by atoms with van der Waals surface area (Å²) in [6.07, 6.45) is 0.320. The number of rotatable bonds is 2. The summed E-state index contributed by atoms with van der Waals surface area (Å²) in [6.45, 7) is 1.79. The van der Waals surface area contributed by atoms with Crippen LogP contribution in [-0.2, 0) is 4.79 Å². The highest BCUT2D eigenvalue weighted by Gasteiger charge is 2.22. The Morgan fingerprint density at radius 2 is 2.25 bits per heavy atom. The second-order valence-electron chi connectivity index (χ2n) is 3.63. The van der Waals surface area contributed by atoms with Crippen molar-refractivity contribution in [1.82, 2.24) is 0 Å². The third kappa shape index (κ3) is 1.79. The molecule has 1 heterocycles. The van der Waals surface area contributed by atoms with Gasteiger partial charge in [0, 0.05) is 11.3 Å². The second-order valence-corrected chi connectivity index (χ2v) is 3.63. The van der Waals surface area contributed by atoms with Crippen molar-refractivity contribution in [3.05, 3.63) is 29.8 Å². The van der Waals surface area contributed by atoms with Crippen LogP contribution < -0.4 is 10.7 Å². The lowest BCUT2D eigenvalue weighted by Gasteiger charge is -2.11. The minimum Gasteiger partial charge on any atom is -0.366 e. The standard InChI is InChI=1S/C11H11N3O2/c1-7-5-10(15)14(13-7)9-4-2-3-8(6-9)11(12)16/h2-4,6H,5H2,1H3,(H2,12,16). The van der Waals surface area contributed by atoms with E-state index in [1.807, 2.05) is 0 Å². The van der Waals surface area contributed by atoms with E-state index in [2.05, 4.69) is 5.10 Å². The number of hydrogen-bond donors (Lipinski definition) is 1. The molecular weight excluding hydrogens is 206 g/mol. The Balaban J connectivity index is 2.38. The number of carbonyl (C=O) groups is 2. The van der Waals surface area contributed by atoms with E-state index in [-0.39, 0.29) is 5.91 Å². The Kier molecular flexibility index (Phi) is 2.44. The first-order valence-corrected chi connectivity index (χ1v) is 4.85. The van der Waals surface area contributed by atoms with Crippen LogP contribution >= 0.6 is 0 Å². The number of hydrazone groups is 1. The van der Waals surface area contributed by atoms with Gasteiger partial charge in [-0.05, 0) is 25.1 Å². The van der Waals surface area contributed by atoms with E-state index in [0.29, 0.717) is 17.7 Å². The lowest BCUT2D eigenvalue weighted by Crippen LogP contribution is -2.20. The molecule has 0 unspecified atom stereocenters. The third-order valence-electron chi connectivity index (χ3n) is 2.29. The maximum atomic E-state index is 11.6. The van der Waals surface area contributed by atoms with Gasteiger partial charge in [-0.1, -0.05) is 6.07 Å². The van der Waals surface area contributed by atoms with E-state index < -0.39 is 5.91 Å². The fourth-order valence-electron chi connectivity index (χ4n) is 1.55. The van der Waals surface area contributed by atoms with Gasteiger partial charge in [-0.2, -0.15) is 5.10 Å². The molecule has 16 heavy (non-hydrogen) atoms. The average Bonchev–Trinajstić information content (AvgIpc) is 2.58. The molecule has 5 heteroatoms. The van der Waals surface area contributed by atoms with E-state index in [4.69, 9.17) is 5.73 Å². The zero-order valence-corrected chi connectivity index (χ0v) is 8.80. The molecule has 0 radical (unpaired) electrons. The predicted molar refractivity (Wildman–Crippen MR) is 60.2 cm³/mol. The molecule has 0 spiro atoms. The van der Waals surface area contributed by atoms with Crippen LogP contribution in [0.1, 0.15) is 23.7 Å². The van der Waals surface area contributed by atoms with Crippen molar-refractivity contribution in [2.24, 2.45) is 10.8 Å². The summed E-state index contributed by atoms with van der Waals surface area (Å²) in [7, 11) is 0. The van der Waals surface area contributed by atoms with E-state index in [0.717, 1.165) is 5.71 Å². The van der Waals surface area contributed by atoms with Crippen LogP contribution in [0.15, 0.2) is 29.4 Å². The number of nitrogens with zero attached hydrogens (tertiary/aromatic N) is 2. The van der Waals surface area contributed by atoms with Gasteiger partial charge in [-0.25, -0.2) is 5.01 Å². The maximum Gasteiger partial charge on any atom is 0.253 e. The predicted octanol–water partition coefficient (Wildman–Crippen LogP) is 0.898. The molecule has 0 aromatic heterocycles. The number of anilines is 1. The zero-order chi connectivity index (χ0) is 11.7. The highest BCUT2D eigenvalue weighted by Crippen LogP contribution is 2.21. The van der Waals surface area contributed by atoms with Gasteiger partial charge in [0.2, 0.25) is 5.91 Å². The zero-order valence-electron chi connectivity index (χ0n) is 8.80. The Morgan fingerprint density at radius 3 is 2.81 bits per heavy atom. The van der Waals surface area contributed by atoms with Crippen molar-refractivity contribution in [2.45, 2.75) is 13.3 Å². The topological polar surface area (TPSA) is 75.8 Å². The average molecular weight is 217 g/mol. The highest BCUT2D eigenvalue weighted by atomic mass is 16.2. The number of benzene rings is 1. The third-order valence-corrected chi connectivity index (χ3v) is 2.29. The fraction of sp³-hybridized carbons (Fsp3) is 0.182. The smallest absolute Gasteiger partial charge is 0.253 e. The van der Waals surface area contributed by atoms with Crippen molar-refractivity contribution in [3.63, 3.8) is 0 Å². The Hall–Kier alpha value is -2.17. The summed E-state index contributed by atoms with van der Waals surface area (Å²) in [5.74, 6) is -0.617. The van der Waals surface area contributed by atoms with Crippen molar-refractivity contribution in [3.8, 4) is 0 Å². The first kappa shape index (κ1) is 10.4. The van der Waals surface area contributed by atoms with Gasteiger partial charge in [0.25, 0.3) is 5.91 Å². The van der Waals surface area contributed by atoms with E-state index in [1.54, 1.807) is 31.2 Å². The monoisotopic (exact) mass is 217 g/mol. The maximum absolute atomic E-state index is 11.6. The van der Waals surface area contributed by atoms with Gasteiger partial charge in [-0.3, -0.25) is 9.59 Å².